The maximum Gasteiger partial charge on any atom is -0.00203 e. The Morgan fingerprint density at radius 1 is 1.50 bits per heavy atom. The summed E-state index contributed by atoms with van der Waals surface area (Å²) in [5.41, 5.74) is 6.27. The van der Waals surface area contributed by atoms with Gasteiger partial charge in [0, 0.05) is 0 Å². The largest absolute Gasteiger partial charge is 0.330 e. The summed E-state index contributed by atoms with van der Waals surface area (Å²) in [7, 11) is 0. The van der Waals surface area contributed by atoms with Crippen LogP contribution in [0.25, 0.3) is 0 Å². The monoisotopic (exact) mass is 139 g/mol. The molecule has 0 heterocycles. The number of rotatable bonds is 1. The zero-order valence-electron chi connectivity index (χ0n) is 6.77. The van der Waals surface area contributed by atoms with Gasteiger partial charge in [0.15, 0.2) is 0 Å². The van der Waals surface area contributed by atoms with Crippen molar-refractivity contribution < 1.29 is 0 Å². The normalized spacial score (nSPS) is 52.2. The van der Waals surface area contributed by atoms with Gasteiger partial charge in [-0.1, -0.05) is 19.8 Å². The summed E-state index contributed by atoms with van der Waals surface area (Å²) in [5, 5.41) is 0. The molecule has 10 heavy (non-hydrogen) atoms. The molecule has 0 bridgehead atoms. The lowest BCUT2D eigenvalue weighted by Gasteiger charge is -2.50. The average Bonchev–Trinajstić information content (AvgIpc) is 2.30. The van der Waals surface area contributed by atoms with Crippen molar-refractivity contribution in [1.82, 2.24) is 0 Å². The van der Waals surface area contributed by atoms with Crippen molar-refractivity contribution in [3.63, 3.8) is 0 Å². The van der Waals surface area contributed by atoms with Crippen molar-refractivity contribution in [3.8, 4) is 0 Å². The topological polar surface area (TPSA) is 26.0 Å². The molecule has 1 heteroatoms. The van der Waals surface area contributed by atoms with Gasteiger partial charge in [0.25, 0.3) is 0 Å². The summed E-state index contributed by atoms with van der Waals surface area (Å²) in [4.78, 5) is 0. The molecule has 0 unspecified atom stereocenters. The highest BCUT2D eigenvalue weighted by Gasteiger charge is 2.51. The van der Waals surface area contributed by atoms with Crippen LogP contribution < -0.4 is 5.73 Å². The third-order valence-corrected chi connectivity index (χ3v) is 3.75. The molecule has 0 radical (unpaired) electrons. The molecule has 58 valence electrons. The van der Waals surface area contributed by atoms with Crippen molar-refractivity contribution in [2.45, 2.75) is 32.6 Å². The molecule has 0 aliphatic heterocycles. The Hall–Kier alpha value is -0.0400. The van der Waals surface area contributed by atoms with Crippen molar-refractivity contribution in [2.75, 3.05) is 6.54 Å². The van der Waals surface area contributed by atoms with Gasteiger partial charge in [-0.15, -0.1) is 0 Å². The summed E-state index contributed by atoms with van der Waals surface area (Å²) in [6, 6.07) is 0. The first-order valence-corrected chi connectivity index (χ1v) is 4.46. The molecule has 0 spiro atoms. The van der Waals surface area contributed by atoms with Gasteiger partial charge >= 0.3 is 0 Å². The Kier molecular flexibility index (Phi) is 1.31. The summed E-state index contributed by atoms with van der Waals surface area (Å²) < 4.78 is 0. The van der Waals surface area contributed by atoms with Crippen LogP contribution in [-0.4, -0.2) is 6.54 Å². The van der Waals surface area contributed by atoms with E-state index in [0.29, 0.717) is 5.41 Å². The fraction of sp³-hybridized carbons (Fsp3) is 1.00. The Morgan fingerprint density at radius 3 is 2.90 bits per heavy atom. The number of fused-ring (bicyclic) bond motifs is 1. The average molecular weight is 139 g/mol. The summed E-state index contributed by atoms with van der Waals surface area (Å²) in [5.74, 6) is 2.06. The van der Waals surface area contributed by atoms with Crippen molar-refractivity contribution >= 4 is 0 Å². The lowest BCUT2D eigenvalue weighted by molar-refractivity contribution is 0.00525. The number of hydrogen-bond acceptors (Lipinski definition) is 1. The lowest BCUT2D eigenvalue weighted by atomic mass is 9.56. The number of nitrogens with two attached hydrogens (primary N) is 1. The standard InChI is InChI=1S/C9H17N/c1-9(6-10)5-7-3-2-4-8(7)9/h7-8H,2-6,10H2,1H3/t7-,8-,9+/m0/s1. The van der Waals surface area contributed by atoms with Crippen molar-refractivity contribution in [3.05, 3.63) is 0 Å². The molecule has 0 amide bonds. The van der Waals surface area contributed by atoms with Gasteiger partial charge in [0.05, 0.1) is 0 Å². The zero-order valence-corrected chi connectivity index (χ0v) is 6.77. The summed E-state index contributed by atoms with van der Waals surface area (Å²) in [6.45, 7) is 3.27. The molecule has 0 aromatic carbocycles. The van der Waals surface area contributed by atoms with Crippen LogP contribution in [0.4, 0.5) is 0 Å². The maximum atomic E-state index is 5.72. The lowest BCUT2D eigenvalue weighted by Crippen LogP contribution is -2.47. The fourth-order valence-corrected chi connectivity index (χ4v) is 3.02. The highest BCUT2D eigenvalue weighted by molar-refractivity contribution is 5.01. The van der Waals surface area contributed by atoms with Gasteiger partial charge < -0.3 is 5.73 Å². The second-order valence-corrected chi connectivity index (χ2v) is 4.36. The van der Waals surface area contributed by atoms with Crippen molar-refractivity contribution in [1.29, 1.82) is 0 Å². The van der Waals surface area contributed by atoms with Gasteiger partial charge in [-0.3, -0.25) is 0 Å². The second-order valence-electron chi connectivity index (χ2n) is 4.36. The minimum Gasteiger partial charge on any atom is -0.330 e. The van der Waals surface area contributed by atoms with Crippen LogP contribution in [-0.2, 0) is 0 Å². The molecular weight excluding hydrogens is 122 g/mol. The van der Waals surface area contributed by atoms with E-state index < -0.39 is 0 Å². The highest BCUT2D eigenvalue weighted by atomic mass is 14.7. The van der Waals surface area contributed by atoms with E-state index in [2.05, 4.69) is 6.92 Å². The van der Waals surface area contributed by atoms with Gasteiger partial charge in [-0.2, -0.15) is 0 Å². The molecule has 3 atom stereocenters. The van der Waals surface area contributed by atoms with Crippen LogP contribution in [0.2, 0.25) is 0 Å². The first-order chi connectivity index (χ1) is 4.76. The molecule has 2 saturated carbocycles. The molecule has 2 aliphatic rings. The smallest absolute Gasteiger partial charge is 0.00203 e. The highest BCUT2D eigenvalue weighted by Crippen LogP contribution is 2.58. The summed E-state index contributed by atoms with van der Waals surface area (Å²) >= 11 is 0. The predicted molar refractivity (Wildman–Crippen MR) is 42.6 cm³/mol. The first kappa shape index (κ1) is 6.66. The van der Waals surface area contributed by atoms with Gasteiger partial charge in [0.2, 0.25) is 0 Å². The van der Waals surface area contributed by atoms with E-state index >= 15 is 0 Å². The molecular formula is C9H17N. The SMILES string of the molecule is C[C@]1(CN)C[C@@H]2CCC[C@@H]21. The van der Waals surface area contributed by atoms with E-state index in [1.54, 1.807) is 0 Å². The Labute approximate surface area is 63.0 Å². The Bertz CT molecular complexity index is 144. The first-order valence-electron chi connectivity index (χ1n) is 4.46. The Morgan fingerprint density at radius 2 is 2.30 bits per heavy atom. The van der Waals surface area contributed by atoms with Crippen LogP contribution >= 0.6 is 0 Å². The minimum absolute atomic E-state index is 0.543. The van der Waals surface area contributed by atoms with E-state index in [0.717, 1.165) is 18.4 Å². The third kappa shape index (κ3) is 0.672. The third-order valence-electron chi connectivity index (χ3n) is 3.75. The molecule has 2 rings (SSSR count). The molecule has 2 N–H and O–H groups in total. The maximum absolute atomic E-state index is 5.72. The van der Waals surface area contributed by atoms with Gasteiger partial charge in [-0.05, 0) is 36.6 Å². The van der Waals surface area contributed by atoms with E-state index in [-0.39, 0.29) is 0 Å². The van der Waals surface area contributed by atoms with Crippen LogP contribution in [0.15, 0.2) is 0 Å². The molecule has 0 aromatic heterocycles. The predicted octanol–water partition coefficient (Wildman–Crippen LogP) is 1.77. The van der Waals surface area contributed by atoms with Crippen LogP contribution in [0.1, 0.15) is 32.6 Å². The van der Waals surface area contributed by atoms with Crippen LogP contribution in [0, 0.1) is 17.3 Å². The van der Waals surface area contributed by atoms with Crippen molar-refractivity contribution in [2.24, 2.45) is 23.0 Å². The fourth-order valence-electron chi connectivity index (χ4n) is 3.02. The molecule has 1 nitrogen and oxygen atoms in total. The zero-order chi connectivity index (χ0) is 7.19. The van der Waals surface area contributed by atoms with Gasteiger partial charge in [0.1, 0.15) is 0 Å². The number of hydrogen-bond donors (Lipinski definition) is 1. The molecule has 0 saturated heterocycles. The van der Waals surface area contributed by atoms with E-state index in [9.17, 15) is 0 Å². The minimum atomic E-state index is 0.543. The molecule has 2 aliphatic carbocycles. The van der Waals surface area contributed by atoms with E-state index in [1.165, 1.54) is 25.7 Å². The van der Waals surface area contributed by atoms with E-state index in [1.807, 2.05) is 0 Å². The van der Waals surface area contributed by atoms with Crippen LogP contribution in [0.5, 0.6) is 0 Å². The molecule has 2 fully saturated rings. The van der Waals surface area contributed by atoms with Gasteiger partial charge in [-0.25, -0.2) is 0 Å². The quantitative estimate of drug-likeness (QED) is 0.588. The second kappa shape index (κ2) is 1.97. The van der Waals surface area contributed by atoms with Crippen LogP contribution in [0.3, 0.4) is 0 Å². The summed E-state index contributed by atoms with van der Waals surface area (Å²) in [6.07, 6.45) is 5.82. The Balaban J connectivity index is 2.05. The molecule has 0 aromatic rings. The van der Waals surface area contributed by atoms with E-state index in [4.69, 9.17) is 5.73 Å².